The van der Waals surface area contributed by atoms with Gasteiger partial charge in [-0.15, -0.1) is 24.0 Å². The first-order chi connectivity index (χ1) is 15.1. The summed E-state index contributed by atoms with van der Waals surface area (Å²) in [6.07, 6.45) is 3.47. The van der Waals surface area contributed by atoms with E-state index in [-0.39, 0.29) is 35.8 Å². The predicted molar refractivity (Wildman–Crippen MR) is 143 cm³/mol. The summed E-state index contributed by atoms with van der Waals surface area (Å²) in [5.74, 6) is 0.875. The maximum absolute atomic E-state index is 11.6. The molecule has 7 nitrogen and oxygen atoms in total. The Bertz CT molecular complexity index is 649. The summed E-state index contributed by atoms with van der Waals surface area (Å²) in [6.45, 7) is 12.6. The number of nitrogens with zero attached hydrogens (tertiary/aromatic N) is 2. The van der Waals surface area contributed by atoms with Crippen LogP contribution >= 0.6 is 24.0 Å². The van der Waals surface area contributed by atoms with E-state index in [9.17, 15) is 4.79 Å². The lowest BCUT2D eigenvalue weighted by Crippen LogP contribution is -2.42. The highest BCUT2D eigenvalue weighted by atomic mass is 127. The zero-order valence-electron chi connectivity index (χ0n) is 19.9. The highest BCUT2D eigenvalue weighted by Crippen LogP contribution is 2.16. The van der Waals surface area contributed by atoms with E-state index in [1.165, 1.54) is 5.56 Å². The van der Waals surface area contributed by atoms with Crippen LogP contribution in [0.1, 0.15) is 45.6 Å². The Labute approximate surface area is 211 Å². The minimum absolute atomic E-state index is 0. The molecule has 0 bridgehead atoms. The van der Waals surface area contributed by atoms with E-state index < -0.39 is 0 Å². The topological polar surface area (TPSA) is 78.0 Å². The number of hydrogen-bond acceptors (Lipinski definition) is 4. The molecule has 1 fully saturated rings. The molecule has 1 saturated heterocycles. The van der Waals surface area contributed by atoms with Gasteiger partial charge in [0.2, 0.25) is 5.91 Å². The molecule has 1 aliphatic heterocycles. The predicted octanol–water partition coefficient (Wildman–Crippen LogP) is 3.00. The van der Waals surface area contributed by atoms with Crippen molar-refractivity contribution in [3.05, 3.63) is 35.9 Å². The highest BCUT2D eigenvalue weighted by Gasteiger charge is 2.19. The zero-order chi connectivity index (χ0) is 22.3. The van der Waals surface area contributed by atoms with Gasteiger partial charge in [-0.3, -0.25) is 14.7 Å². The molecule has 182 valence electrons. The number of likely N-dealkylation sites (tertiary alicyclic amines) is 1. The Hall–Kier alpha value is -1.39. The Morgan fingerprint density at radius 1 is 1.12 bits per heavy atom. The molecule has 0 unspecified atom stereocenters. The second kappa shape index (κ2) is 17.1. The minimum atomic E-state index is 0. The number of amides is 1. The molecule has 8 heteroatoms. The Morgan fingerprint density at radius 3 is 2.47 bits per heavy atom. The Balaban J connectivity index is 0.00000512. The molecular formula is C24H42IN5O2. The number of piperidine rings is 1. The average molecular weight is 560 g/mol. The Kier molecular flexibility index (Phi) is 15.3. The van der Waals surface area contributed by atoms with Crippen LogP contribution in [-0.2, 0) is 16.1 Å². The fourth-order valence-electron chi connectivity index (χ4n) is 3.49. The van der Waals surface area contributed by atoms with E-state index in [1.807, 2.05) is 20.8 Å². The fourth-order valence-corrected chi connectivity index (χ4v) is 3.49. The van der Waals surface area contributed by atoms with Crippen LogP contribution in [0.3, 0.4) is 0 Å². The van der Waals surface area contributed by atoms with Gasteiger partial charge in [0, 0.05) is 58.3 Å². The van der Waals surface area contributed by atoms with Gasteiger partial charge < -0.3 is 20.7 Å². The van der Waals surface area contributed by atoms with Crippen LogP contribution in [0.5, 0.6) is 0 Å². The number of halogens is 1. The summed E-state index contributed by atoms with van der Waals surface area (Å²) in [5.41, 5.74) is 1.38. The van der Waals surface area contributed by atoms with Crippen molar-refractivity contribution in [3.8, 4) is 0 Å². The third-order valence-corrected chi connectivity index (χ3v) is 5.29. The smallest absolute Gasteiger partial charge is 0.222 e. The third kappa shape index (κ3) is 12.0. The summed E-state index contributed by atoms with van der Waals surface area (Å²) in [4.78, 5) is 18.7. The van der Waals surface area contributed by atoms with Crippen LogP contribution < -0.4 is 16.0 Å². The van der Waals surface area contributed by atoms with E-state index in [0.29, 0.717) is 19.2 Å². The van der Waals surface area contributed by atoms with Crippen molar-refractivity contribution in [2.24, 2.45) is 10.9 Å². The van der Waals surface area contributed by atoms with Crippen molar-refractivity contribution in [1.29, 1.82) is 0 Å². The van der Waals surface area contributed by atoms with Gasteiger partial charge >= 0.3 is 0 Å². The molecule has 0 atom stereocenters. The first kappa shape index (κ1) is 28.6. The van der Waals surface area contributed by atoms with Crippen LogP contribution in [0.25, 0.3) is 0 Å². The second-order valence-electron chi connectivity index (χ2n) is 8.32. The van der Waals surface area contributed by atoms with Crippen LogP contribution in [0.15, 0.2) is 35.3 Å². The molecule has 1 aliphatic rings. The van der Waals surface area contributed by atoms with Crippen molar-refractivity contribution in [2.45, 2.75) is 52.7 Å². The zero-order valence-corrected chi connectivity index (χ0v) is 22.3. The van der Waals surface area contributed by atoms with E-state index in [2.05, 4.69) is 56.2 Å². The van der Waals surface area contributed by atoms with Gasteiger partial charge in [-0.2, -0.15) is 0 Å². The largest absolute Gasteiger partial charge is 0.378 e. The lowest BCUT2D eigenvalue weighted by Gasteiger charge is -2.31. The van der Waals surface area contributed by atoms with Gasteiger partial charge in [-0.1, -0.05) is 44.2 Å². The third-order valence-electron chi connectivity index (χ3n) is 5.29. The van der Waals surface area contributed by atoms with Crippen LogP contribution in [0, 0.1) is 5.92 Å². The molecule has 0 aromatic heterocycles. The second-order valence-corrected chi connectivity index (χ2v) is 8.32. The van der Waals surface area contributed by atoms with E-state index >= 15 is 0 Å². The highest BCUT2D eigenvalue weighted by molar-refractivity contribution is 14.0. The van der Waals surface area contributed by atoms with Crippen molar-refractivity contribution in [3.63, 3.8) is 0 Å². The maximum Gasteiger partial charge on any atom is 0.222 e. The summed E-state index contributed by atoms with van der Waals surface area (Å²) < 4.78 is 6.09. The van der Waals surface area contributed by atoms with Crippen molar-refractivity contribution >= 4 is 35.8 Å². The maximum atomic E-state index is 11.6. The average Bonchev–Trinajstić information content (AvgIpc) is 2.78. The summed E-state index contributed by atoms with van der Waals surface area (Å²) in [7, 11) is 0. The number of aliphatic imine (C=N–C) groups is 1. The van der Waals surface area contributed by atoms with Crippen molar-refractivity contribution in [1.82, 2.24) is 20.9 Å². The minimum Gasteiger partial charge on any atom is -0.378 e. The standard InChI is InChI=1S/C24H41N5O2.HI/c1-4-25-24(28-15-14-26-23(30)20(2)3)27-13-8-18-31-22-11-16-29(17-12-22)19-21-9-6-5-7-10-21;/h5-7,9-10,20,22H,4,8,11-19H2,1-3H3,(H,26,30)(H2,25,27,28);1H. The van der Waals surface area contributed by atoms with Crippen molar-refractivity contribution < 1.29 is 9.53 Å². The number of benzene rings is 1. The molecule has 1 heterocycles. The number of hydrogen-bond donors (Lipinski definition) is 3. The normalized spacial score (nSPS) is 15.3. The molecule has 0 spiro atoms. The molecule has 2 rings (SSSR count). The fraction of sp³-hybridized carbons (Fsp3) is 0.667. The van der Waals surface area contributed by atoms with Gasteiger partial charge in [0.05, 0.1) is 6.10 Å². The summed E-state index contributed by atoms with van der Waals surface area (Å²) >= 11 is 0. The molecule has 1 aromatic carbocycles. The van der Waals surface area contributed by atoms with Gasteiger partial charge in [0.15, 0.2) is 5.96 Å². The lowest BCUT2D eigenvalue weighted by molar-refractivity contribution is -0.123. The van der Waals surface area contributed by atoms with Crippen LogP contribution in [-0.4, -0.2) is 68.7 Å². The van der Waals surface area contributed by atoms with E-state index in [0.717, 1.165) is 64.6 Å². The van der Waals surface area contributed by atoms with Crippen molar-refractivity contribution in [2.75, 3.05) is 45.9 Å². The molecule has 32 heavy (non-hydrogen) atoms. The molecule has 3 N–H and O–H groups in total. The summed E-state index contributed by atoms with van der Waals surface area (Å²) in [6, 6.07) is 10.7. The monoisotopic (exact) mass is 559 g/mol. The number of rotatable bonds is 12. The first-order valence-corrected chi connectivity index (χ1v) is 11.8. The van der Waals surface area contributed by atoms with E-state index in [4.69, 9.17) is 4.74 Å². The number of ether oxygens (including phenoxy) is 1. The Morgan fingerprint density at radius 2 is 1.81 bits per heavy atom. The van der Waals surface area contributed by atoms with E-state index in [1.54, 1.807) is 0 Å². The van der Waals surface area contributed by atoms with Crippen LogP contribution in [0.4, 0.5) is 0 Å². The molecular weight excluding hydrogens is 517 g/mol. The van der Waals surface area contributed by atoms with Gasteiger partial charge in [-0.05, 0) is 31.7 Å². The number of nitrogens with one attached hydrogen (secondary N) is 3. The van der Waals surface area contributed by atoms with Gasteiger partial charge in [0.1, 0.15) is 0 Å². The quantitative estimate of drug-likeness (QED) is 0.159. The number of carbonyl (C=O) groups is 1. The van der Waals surface area contributed by atoms with Gasteiger partial charge in [-0.25, -0.2) is 0 Å². The molecule has 0 saturated carbocycles. The molecule has 0 radical (unpaired) electrons. The summed E-state index contributed by atoms with van der Waals surface area (Å²) in [5, 5.41) is 9.40. The first-order valence-electron chi connectivity index (χ1n) is 11.8. The van der Waals surface area contributed by atoms with Crippen LogP contribution in [0.2, 0.25) is 0 Å². The number of guanidine groups is 1. The number of carbonyl (C=O) groups excluding carboxylic acids is 1. The van der Waals surface area contributed by atoms with Gasteiger partial charge in [0.25, 0.3) is 0 Å². The molecule has 1 aromatic rings. The molecule has 1 amide bonds. The molecule has 0 aliphatic carbocycles. The SMILES string of the molecule is CCNC(=NCCCOC1CCN(Cc2ccccc2)CC1)NCCNC(=O)C(C)C.I. The lowest BCUT2D eigenvalue weighted by atomic mass is 10.1.